The van der Waals surface area contributed by atoms with Crippen LogP contribution in [0.4, 0.5) is 10.5 Å². The van der Waals surface area contributed by atoms with Gasteiger partial charge in [0.15, 0.2) is 0 Å². The Kier molecular flexibility index (Phi) is 6.30. The SMILES string of the molecule is COc1cc(Cl)c(C)cc1NC(=O)NC(C)CCC(=O)O. The van der Waals surface area contributed by atoms with E-state index in [-0.39, 0.29) is 12.5 Å². The molecule has 7 heteroatoms. The first-order valence-corrected chi connectivity index (χ1v) is 6.84. The van der Waals surface area contributed by atoms with Crippen LogP contribution in [0.25, 0.3) is 0 Å². The van der Waals surface area contributed by atoms with Gasteiger partial charge in [0.05, 0.1) is 12.8 Å². The van der Waals surface area contributed by atoms with Crippen molar-refractivity contribution in [2.45, 2.75) is 32.7 Å². The molecule has 0 saturated carbocycles. The summed E-state index contributed by atoms with van der Waals surface area (Å²) in [5, 5.41) is 14.5. The normalized spacial score (nSPS) is 11.6. The number of carbonyl (C=O) groups excluding carboxylic acids is 1. The lowest BCUT2D eigenvalue weighted by Crippen LogP contribution is -2.36. The Morgan fingerprint density at radius 2 is 2.10 bits per heavy atom. The van der Waals surface area contributed by atoms with Crippen molar-refractivity contribution in [2.24, 2.45) is 0 Å². The van der Waals surface area contributed by atoms with Gasteiger partial charge in [-0.2, -0.15) is 0 Å². The Morgan fingerprint density at radius 3 is 2.67 bits per heavy atom. The minimum absolute atomic E-state index is 0.00478. The van der Waals surface area contributed by atoms with Crippen molar-refractivity contribution in [3.63, 3.8) is 0 Å². The molecule has 1 atom stereocenters. The molecule has 21 heavy (non-hydrogen) atoms. The van der Waals surface area contributed by atoms with Crippen molar-refractivity contribution in [1.29, 1.82) is 0 Å². The van der Waals surface area contributed by atoms with Crippen molar-refractivity contribution in [2.75, 3.05) is 12.4 Å². The third-order valence-corrected chi connectivity index (χ3v) is 3.30. The lowest BCUT2D eigenvalue weighted by atomic mass is 10.2. The number of carbonyl (C=O) groups is 2. The topological polar surface area (TPSA) is 87.7 Å². The molecule has 0 fully saturated rings. The summed E-state index contributed by atoms with van der Waals surface area (Å²) in [4.78, 5) is 22.3. The van der Waals surface area contributed by atoms with Gasteiger partial charge in [-0.1, -0.05) is 11.6 Å². The van der Waals surface area contributed by atoms with Gasteiger partial charge in [-0.05, 0) is 31.9 Å². The zero-order valence-corrected chi connectivity index (χ0v) is 13.0. The number of hydrogen-bond donors (Lipinski definition) is 3. The minimum Gasteiger partial charge on any atom is -0.495 e. The molecule has 3 N–H and O–H groups in total. The molecule has 1 rings (SSSR count). The number of halogens is 1. The van der Waals surface area contributed by atoms with Crippen molar-refractivity contribution < 1.29 is 19.4 Å². The summed E-state index contributed by atoms with van der Waals surface area (Å²) < 4.78 is 5.16. The molecule has 0 bridgehead atoms. The first-order valence-electron chi connectivity index (χ1n) is 6.47. The standard InChI is InChI=1S/C14H19ClN2O4/c1-8-6-11(12(21-3)7-10(8)15)17-14(20)16-9(2)4-5-13(18)19/h6-7,9H,4-5H2,1-3H3,(H,18,19)(H2,16,17,20). The number of benzene rings is 1. The average molecular weight is 315 g/mol. The maximum Gasteiger partial charge on any atom is 0.319 e. The van der Waals surface area contributed by atoms with Crippen LogP contribution in [0.5, 0.6) is 5.75 Å². The number of hydrogen-bond acceptors (Lipinski definition) is 3. The number of methoxy groups -OCH3 is 1. The van der Waals surface area contributed by atoms with Gasteiger partial charge in [-0.25, -0.2) is 4.79 Å². The summed E-state index contributed by atoms with van der Waals surface area (Å²) >= 11 is 5.99. The van der Waals surface area contributed by atoms with E-state index in [0.29, 0.717) is 22.9 Å². The largest absolute Gasteiger partial charge is 0.495 e. The molecule has 0 heterocycles. The first-order chi connectivity index (χ1) is 9.83. The molecule has 0 aliphatic heterocycles. The van der Waals surface area contributed by atoms with E-state index >= 15 is 0 Å². The highest BCUT2D eigenvalue weighted by molar-refractivity contribution is 6.31. The van der Waals surface area contributed by atoms with Crippen molar-refractivity contribution in [3.05, 3.63) is 22.7 Å². The highest BCUT2D eigenvalue weighted by atomic mass is 35.5. The molecule has 1 unspecified atom stereocenters. The van der Waals surface area contributed by atoms with Crippen LogP contribution >= 0.6 is 11.6 Å². The smallest absolute Gasteiger partial charge is 0.319 e. The maximum absolute atomic E-state index is 11.9. The number of urea groups is 1. The van der Waals surface area contributed by atoms with Gasteiger partial charge < -0.3 is 20.5 Å². The number of rotatable bonds is 6. The van der Waals surface area contributed by atoms with Crippen LogP contribution in [0.2, 0.25) is 5.02 Å². The highest BCUT2D eigenvalue weighted by Crippen LogP contribution is 2.30. The third kappa shape index (κ3) is 5.51. The van der Waals surface area contributed by atoms with Crippen LogP contribution in [0, 0.1) is 6.92 Å². The van der Waals surface area contributed by atoms with E-state index in [0.717, 1.165) is 5.56 Å². The van der Waals surface area contributed by atoms with Gasteiger partial charge in [-0.15, -0.1) is 0 Å². The minimum atomic E-state index is -0.890. The van der Waals surface area contributed by atoms with Gasteiger partial charge in [0.2, 0.25) is 0 Å². The van der Waals surface area contributed by atoms with Crippen LogP contribution in [0.15, 0.2) is 12.1 Å². The van der Waals surface area contributed by atoms with Gasteiger partial charge in [0.25, 0.3) is 0 Å². The second-order valence-corrected chi connectivity index (χ2v) is 5.14. The summed E-state index contributed by atoms with van der Waals surface area (Å²) in [6, 6.07) is 2.66. The number of carboxylic acids is 1. The van der Waals surface area contributed by atoms with Crippen LogP contribution in [0.3, 0.4) is 0 Å². The lowest BCUT2D eigenvalue weighted by molar-refractivity contribution is -0.137. The van der Waals surface area contributed by atoms with Gasteiger partial charge >= 0.3 is 12.0 Å². The molecule has 0 spiro atoms. The lowest BCUT2D eigenvalue weighted by Gasteiger charge is -2.16. The summed E-state index contributed by atoms with van der Waals surface area (Å²) in [6.45, 7) is 3.56. The second kappa shape index (κ2) is 7.73. The summed E-state index contributed by atoms with van der Waals surface area (Å²) in [5.41, 5.74) is 1.31. The van der Waals surface area contributed by atoms with Crippen LogP contribution in [-0.2, 0) is 4.79 Å². The highest BCUT2D eigenvalue weighted by Gasteiger charge is 2.13. The number of aryl methyl sites for hydroxylation is 1. The molecule has 0 aliphatic rings. The Labute approximate surface area is 128 Å². The first kappa shape index (κ1) is 17.1. The molecular formula is C14H19ClN2O4. The van der Waals surface area contributed by atoms with Crippen molar-refractivity contribution >= 4 is 29.3 Å². The van der Waals surface area contributed by atoms with E-state index in [4.69, 9.17) is 21.4 Å². The Balaban J connectivity index is 2.66. The molecule has 0 aromatic heterocycles. The van der Waals surface area contributed by atoms with E-state index in [2.05, 4.69) is 10.6 Å². The number of nitrogens with one attached hydrogen (secondary N) is 2. The number of aliphatic carboxylic acids is 1. The Hall–Kier alpha value is -1.95. The monoisotopic (exact) mass is 314 g/mol. The fraction of sp³-hybridized carbons (Fsp3) is 0.429. The average Bonchev–Trinajstić information content (AvgIpc) is 2.40. The fourth-order valence-corrected chi connectivity index (χ4v) is 1.88. The zero-order valence-electron chi connectivity index (χ0n) is 12.2. The van der Waals surface area contributed by atoms with E-state index in [9.17, 15) is 9.59 Å². The van der Waals surface area contributed by atoms with Crippen molar-refractivity contribution in [3.8, 4) is 5.75 Å². The number of amides is 2. The van der Waals surface area contributed by atoms with E-state index in [1.807, 2.05) is 6.92 Å². The summed E-state index contributed by atoms with van der Waals surface area (Å²) in [5.74, 6) is -0.432. The fourth-order valence-electron chi connectivity index (χ4n) is 1.72. The second-order valence-electron chi connectivity index (χ2n) is 4.73. The van der Waals surface area contributed by atoms with E-state index < -0.39 is 12.0 Å². The van der Waals surface area contributed by atoms with Crippen LogP contribution in [-0.4, -0.2) is 30.3 Å². The van der Waals surface area contributed by atoms with Crippen LogP contribution < -0.4 is 15.4 Å². The summed E-state index contributed by atoms with van der Waals surface area (Å²) in [7, 11) is 1.49. The number of anilines is 1. The Bertz CT molecular complexity index is 534. The van der Waals surface area contributed by atoms with E-state index in [1.54, 1.807) is 19.1 Å². The number of ether oxygens (including phenoxy) is 1. The number of carboxylic acid groups (broad SMARTS) is 1. The molecule has 116 valence electrons. The molecule has 1 aromatic rings. The predicted molar refractivity (Wildman–Crippen MR) is 81.2 cm³/mol. The van der Waals surface area contributed by atoms with Gasteiger partial charge in [0, 0.05) is 23.6 Å². The predicted octanol–water partition coefficient (Wildman–Crippen LogP) is 3.03. The molecule has 0 aliphatic carbocycles. The Morgan fingerprint density at radius 1 is 1.43 bits per heavy atom. The zero-order chi connectivity index (χ0) is 16.0. The molecule has 1 aromatic carbocycles. The molecular weight excluding hydrogens is 296 g/mol. The van der Waals surface area contributed by atoms with Gasteiger partial charge in [-0.3, -0.25) is 4.79 Å². The van der Waals surface area contributed by atoms with E-state index in [1.165, 1.54) is 7.11 Å². The van der Waals surface area contributed by atoms with Gasteiger partial charge in [0.1, 0.15) is 5.75 Å². The maximum atomic E-state index is 11.9. The molecule has 6 nitrogen and oxygen atoms in total. The summed E-state index contributed by atoms with van der Waals surface area (Å²) in [6.07, 6.45) is 0.365. The molecule has 0 radical (unpaired) electrons. The molecule has 2 amide bonds. The molecule has 0 saturated heterocycles. The van der Waals surface area contributed by atoms with Crippen LogP contribution in [0.1, 0.15) is 25.3 Å². The quantitative estimate of drug-likeness (QED) is 0.753. The third-order valence-electron chi connectivity index (χ3n) is 2.90. The van der Waals surface area contributed by atoms with Crippen molar-refractivity contribution in [1.82, 2.24) is 5.32 Å².